The number of H-pyrrole nitrogens is 1. The minimum absolute atomic E-state index is 0.00751. The van der Waals surface area contributed by atoms with Crippen LogP contribution in [0.15, 0.2) is 63.4 Å². The highest BCUT2D eigenvalue weighted by Gasteiger charge is 2.16. The molecule has 0 aliphatic rings. The van der Waals surface area contributed by atoms with E-state index in [1.807, 2.05) is 30.3 Å². The minimum Gasteiger partial charge on any atom is -0.370 e. The van der Waals surface area contributed by atoms with Gasteiger partial charge in [0.1, 0.15) is 5.65 Å². The van der Waals surface area contributed by atoms with Crippen molar-refractivity contribution in [1.82, 2.24) is 19.9 Å². The number of nitrogens with zero attached hydrogens (tertiary/aromatic N) is 4. The van der Waals surface area contributed by atoms with E-state index in [1.165, 1.54) is 4.57 Å². The van der Waals surface area contributed by atoms with E-state index in [0.717, 1.165) is 30.4 Å². The molecular weight excluding hydrogens is 583 g/mol. The topological polar surface area (TPSA) is 192 Å². The van der Waals surface area contributed by atoms with Crippen molar-refractivity contribution >= 4 is 34.6 Å². The lowest BCUT2D eigenvalue weighted by atomic mass is 10.00. The summed E-state index contributed by atoms with van der Waals surface area (Å²) in [6.07, 6.45) is 5.18. The highest BCUT2D eigenvalue weighted by Crippen LogP contribution is 2.31. The van der Waals surface area contributed by atoms with E-state index < -0.39 is 11.5 Å². The van der Waals surface area contributed by atoms with Gasteiger partial charge in [-0.2, -0.15) is 4.98 Å². The van der Waals surface area contributed by atoms with Gasteiger partial charge < -0.3 is 33.2 Å². The van der Waals surface area contributed by atoms with Gasteiger partial charge in [-0.25, -0.2) is 9.18 Å². The molecule has 11 nitrogen and oxygen atoms in total. The molecule has 0 saturated heterocycles. The maximum Gasteiger partial charge on any atom is 0.354 e. The number of nitrogens with two attached hydrogens (primary N) is 4. The lowest BCUT2D eigenvalue weighted by molar-refractivity contribution is 0.493. The van der Waals surface area contributed by atoms with Gasteiger partial charge in [-0.15, -0.1) is 0 Å². The number of rotatable bonds is 14. The summed E-state index contributed by atoms with van der Waals surface area (Å²) in [4.78, 5) is 28.4. The molecule has 10 N–H and O–H groups in total. The Balaban J connectivity index is 1.51. The zero-order valence-electron chi connectivity index (χ0n) is 25.0. The molecule has 0 aliphatic heterocycles. The summed E-state index contributed by atoms with van der Waals surface area (Å²) >= 11 is 6.26. The molecule has 0 amide bonds. The van der Waals surface area contributed by atoms with E-state index in [9.17, 15) is 4.79 Å². The number of aromatic amines is 1. The third kappa shape index (κ3) is 8.80. The van der Waals surface area contributed by atoms with Gasteiger partial charge in [0, 0.05) is 36.3 Å². The molecular formula is C31H40ClFN10O. The molecule has 0 bridgehead atoms. The largest absolute Gasteiger partial charge is 0.370 e. The normalized spacial score (nSPS) is 12.0. The fourth-order valence-corrected chi connectivity index (χ4v) is 5.13. The zero-order valence-corrected chi connectivity index (χ0v) is 25.7. The number of fused-ring (bicyclic) bond motifs is 1. The summed E-state index contributed by atoms with van der Waals surface area (Å²) < 4.78 is 16.6. The molecule has 0 saturated carbocycles. The van der Waals surface area contributed by atoms with Crippen LogP contribution in [-0.4, -0.2) is 45.6 Å². The van der Waals surface area contributed by atoms with Crippen LogP contribution in [0.4, 0.5) is 4.39 Å². The Bertz CT molecular complexity index is 1690. The number of aryl methyl sites for hydroxylation is 1. The number of hydrogen-bond acceptors (Lipinski definition) is 5. The molecule has 4 aromatic rings. The van der Waals surface area contributed by atoms with Crippen molar-refractivity contribution in [1.29, 1.82) is 0 Å². The smallest absolute Gasteiger partial charge is 0.354 e. The Kier molecular flexibility index (Phi) is 11.0. The lowest BCUT2D eigenvalue weighted by Crippen LogP contribution is -2.34. The number of aromatic nitrogens is 3. The molecule has 13 heteroatoms. The van der Waals surface area contributed by atoms with Crippen LogP contribution in [-0.2, 0) is 13.0 Å². The van der Waals surface area contributed by atoms with Crippen molar-refractivity contribution in [3.8, 4) is 16.9 Å². The maximum atomic E-state index is 15.1. The molecule has 2 heterocycles. The van der Waals surface area contributed by atoms with Gasteiger partial charge in [0.15, 0.2) is 17.7 Å². The van der Waals surface area contributed by atoms with Crippen LogP contribution in [0.2, 0.25) is 5.02 Å². The molecule has 4 rings (SSSR count). The molecule has 0 fully saturated rings. The first-order chi connectivity index (χ1) is 21.0. The first-order valence-corrected chi connectivity index (χ1v) is 14.9. The fraction of sp³-hybridized carbons (Fsp3) is 0.355. The summed E-state index contributed by atoms with van der Waals surface area (Å²) in [6, 6.07) is 12.7. The number of aliphatic imine (C=N–C) groups is 2. The third-order valence-corrected chi connectivity index (χ3v) is 7.48. The van der Waals surface area contributed by atoms with Crippen molar-refractivity contribution in [2.45, 2.75) is 52.1 Å². The van der Waals surface area contributed by atoms with Crippen molar-refractivity contribution in [2.75, 3.05) is 13.1 Å². The predicted molar refractivity (Wildman–Crippen MR) is 176 cm³/mol. The number of nitrogens with one attached hydrogen (secondary N) is 2. The summed E-state index contributed by atoms with van der Waals surface area (Å²) in [5.74, 6) is 0.113. The van der Waals surface area contributed by atoms with E-state index in [2.05, 4.69) is 39.1 Å². The van der Waals surface area contributed by atoms with Crippen molar-refractivity contribution in [2.24, 2.45) is 38.8 Å². The Morgan fingerprint density at radius 2 is 1.77 bits per heavy atom. The molecule has 2 aromatic heterocycles. The predicted octanol–water partition coefficient (Wildman–Crippen LogP) is 3.55. The summed E-state index contributed by atoms with van der Waals surface area (Å²) in [5, 5.41) is 4.14. The fourth-order valence-electron chi connectivity index (χ4n) is 4.88. The van der Waals surface area contributed by atoms with Crippen molar-refractivity contribution < 1.29 is 4.39 Å². The number of halogens is 2. The van der Waals surface area contributed by atoms with Crippen LogP contribution >= 0.6 is 11.6 Å². The zero-order chi connectivity index (χ0) is 31.8. The SMILES string of the molecule is CC(C)CCCc1cc(Cl)c(F)c(-c2cc3cn(-c4ccc(CN[C@H](CCN=C(N)N)CN=C(N)N)cc4)c(=O)nc3[nH]2)c1. The van der Waals surface area contributed by atoms with Gasteiger partial charge >= 0.3 is 5.69 Å². The first kappa shape index (κ1) is 32.5. The number of hydrogen-bond donors (Lipinski definition) is 6. The summed E-state index contributed by atoms with van der Waals surface area (Å²) in [5.41, 5.74) is 25.2. The molecule has 44 heavy (non-hydrogen) atoms. The molecule has 0 spiro atoms. The minimum atomic E-state index is -0.512. The van der Waals surface area contributed by atoms with E-state index in [-0.39, 0.29) is 23.0 Å². The average molecular weight is 623 g/mol. The quantitative estimate of drug-likeness (QED) is 0.0914. The second-order valence-corrected chi connectivity index (χ2v) is 11.6. The second kappa shape index (κ2) is 14.8. The van der Waals surface area contributed by atoms with Gasteiger partial charge in [0.25, 0.3) is 0 Å². The standard InChI is InChI=1S/C31H40ClFN10O/c1-18(2)4-3-5-20-12-24(27(33)25(32)13-20)26-14-21-17-43(31(44)42-28(21)41-26)23-8-6-19(7-9-23)15-39-22(16-40-30(36)37)10-11-38-29(34)35/h6-9,12-14,17-18,22,39H,3-5,10-11,15-16H2,1-2H3,(H4,34,35,38)(H4,36,37,40)(H,41,42,44)/t22-/m1/s1. The van der Waals surface area contributed by atoms with Crippen LogP contribution in [0.5, 0.6) is 0 Å². The van der Waals surface area contributed by atoms with E-state index in [1.54, 1.807) is 18.3 Å². The monoisotopic (exact) mass is 622 g/mol. The van der Waals surface area contributed by atoms with Crippen LogP contribution in [0.25, 0.3) is 28.0 Å². The van der Waals surface area contributed by atoms with Crippen LogP contribution in [0, 0.1) is 11.7 Å². The summed E-state index contributed by atoms with van der Waals surface area (Å²) in [7, 11) is 0. The van der Waals surface area contributed by atoms with Crippen LogP contribution in [0.1, 0.15) is 44.2 Å². The van der Waals surface area contributed by atoms with Crippen molar-refractivity contribution in [3.05, 3.63) is 81.1 Å². The summed E-state index contributed by atoms with van der Waals surface area (Å²) in [6.45, 7) is 5.69. The Morgan fingerprint density at radius 1 is 1.05 bits per heavy atom. The van der Waals surface area contributed by atoms with E-state index in [0.29, 0.717) is 60.0 Å². The third-order valence-electron chi connectivity index (χ3n) is 7.21. The van der Waals surface area contributed by atoms with E-state index in [4.69, 9.17) is 34.5 Å². The maximum absolute atomic E-state index is 15.1. The number of guanidine groups is 2. The second-order valence-electron chi connectivity index (χ2n) is 11.2. The highest BCUT2D eigenvalue weighted by atomic mass is 35.5. The van der Waals surface area contributed by atoms with Gasteiger partial charge in [-0.05, 0) is 66.6 Å². The van der Waals surface area contributed by atoms with Gasteiger partial charge in [0.2, 0.25) is 0 Å². The Morgan fingerprint density at radius 3 is 2.45 bits per heavy atom. The molecule has 2 aromatic carbocycles. The average Bonchev–Trinajstić information content (AvgIpc) is 3.38. The molecule has 0 unspecified atom stereocenters. The van der Waals surface area contributed by atoms with Gasteiger partial charge in [0.05, 0.1) is 22.9 Å². The molecule has 0 radical (unpaired) electrons. The van der Waals surface area contributed by atoms with Gasteiger partial charge in [-0.3, -0.25) is 14.6 Å². The van der Waals surface area contributed by atoms with Crippen LogP contribution < -0.4 is 33.9 Å². The Labute approximate surface area is 260 Å². The molecule has 0 aliphatic carbocycles. The van der Waals surface area contributed by atoms with Crippen molar-refractivity contribution in [3.63, 3.8) is 0 Å². The first-order valence-electron chi connectivity index (χ1n) is 14.5. The van der Waals surface area contributed by atoms with E-state index >= 15 is 4.39 Å². The highest BCUT2D eigenvalue weighted by molar-refractivity contribution is 6.31. The Hall–Kier alpha value is -4.42. The van der Waals surface area contributed by atoms with Crippen LogP contribution in [0.3, 0.4) is 0 Å². The molecule has 234 valence electrons. The molecule has 1 atom stereocenters. The lowest BCUT2D eigenvalue weighted by Gasteiger charge is -2.16. The van der Waals surface area contributed by atoms with Gasteiger partial charge in [-0.1, -0.05) is 44.0 Å². The number of benzene rings is 2.